The van der Waals surface area contributed by atoms with E-state index in [1.54, 1.807) is 17.5 Å². The van der Waals surface area contributed by atoms with Crippen molar-refractivity contribution in [3.8, 4) is 0 Å². The summed E-state index contributed by atoms with van der Waals surface area (Å²) in [6.07, 6.45) is 6.17. The Morgan fingerprint density at radius 1 is 1.21 bits per heavy atom. The topological polar surface area (TPSA) is 50.2 Å². The molecule has 1 N–H and O–H groups in total. The second kappa shape index (κ2) is 9.37. The standard InChI is InChI=1S/C23H28N4OS/c1-18-9-13-26(14-10-18)21(22-4-2-15-29-22)16-24-23(28)20-7-5-19(6-8-20)17-27-12-3-11-25-27/h2-8,11-12,15,18,21H,9-10,13-14,16-17H2,1H3,(H,24,28). The van der Waals surface area contributed by atoms with Crippen molar-refractivity contribution in [2.75, 3.05) is 19.6 Å². The highest BCUT2D eigenvalue weighted by molar-refractivity contribution is 7.10. The van der Waals surface area contributed by atoms with Gasteiger partial charge in [-0.25, -0.2) is 0 Å². The van der Waals surface area contributed by atoms with Crippen LogP contribution in [-0.2, 0) is 6.54 Å². The van der Waals surface area contributed by atoms with Gasteiger partial charge in [-0.1, -0.05) is 25.1 Å². The lowest BCUT2D eigenvalue weighted by Crippen LogP contribution is -2.41. The third-order valence-corrected chi connectivity index (χ3v) is 6.68. The van der Waals surface area contributed by atoms with Crippen LogP contribution in [0.4, 0.5) is 0 Å². The average Bonchev–Trinajstić information content (AvgIpc) is 3.44. The molecule has 152 valence electrons. The van der Waals surface area contributed by atoms with E-state index < -0.39 is 0 Å². The van der Waals surface area contributed by atoms with Crippen LogP contribution in [0.15, 0.2) is 60.2 Å². The van der Waals surface area contributed by atoms with Crippen LogP contribution < -0.4 is 5.32 Å². The normalized spacial score (nSPS) is 16.6. The third-order valence-electron chi connectivity index (χ3n) is 5.71. The lowest BCUT2D eigenvalue weighted by Gasteiger charge is -2.36. The smallest absolute Gasteiger partial charge is 0.251 e. The maximum Gasteiger partial charge on any atom is 0.251 e. The van der Waals surface area contributed by atoms with Gasteiger partial charge in [-0.2, -0.15) is 5.10 Å². The van der Waals surface area contributed by atoms with Gasteiger partial charge in [0.15, 0.2) is 0 Å². The molecule has 1 atom stereocenters. The Bertz CT molecular complexity index is 882. The molecule has 0 radical (unpaired) electrons. The molecule has 3 heterocycles. The molecule has 29 heavy (non-hydrogen) atoms. The number of benzene rings is 1. The summed E-state index contributed by atoms with van der Waals surface area (Å²) in [5, 5.41) is 9.51. The number of carbonyl (C=O) groups excluding carboxylic acids is 1. The number of hydrogen-bond donors (Lipinski definition) is 1. The molecule has 2 aromatic heterocycles. The predicted octanol–water partition coefficient (Wildman–Crippen LogP) is 4.20. The van der Waals surface area contributed by atoms with Gasteiger partial charge in [0, 0.05) is 29.4 Å². The van der Waals surface area contributed by atoms with Gasteiger partial charge in [0.2, 0.25) is 0 Å². The molecule has 0 spiro atoms. The summed E-state index contributed by atoms with van der Waals surface area (Å²) in [5.74, 6) is 0.785. The first-order valence-corrected chi connectivity index (χ1v) is 11.2. The van der Waals surface area contributed by atoms with Crippen LogP contribution in [0, 0.1) is 5.92 Å². The first-order chi connectivity index (χ1) is 14.2. The highest BCUT2D eigenvalue weighted by Crippen LogP contribution is 2.29. The molecule has 6 heteroatoms. The Hall–Kier alpha value is -2.44. The monoisotopic (exact) mass is 408 g/mol. The minimum Gasteiger partial charge on any atom is -0.350 e. The molecular formula is C23H28N4OS. The molecule has 1 fully saturated rings. The molecule has 1 saturated heterocycles. The summed E-state index contributed by atoms with van der Waals surface area (Å²) in [7, 11) is 0. The molecule has 1 aromatic carbocycles. The quantitative estimate of drug-likeness (QED) is 0.638. The van der Waals surface area contributed by atoms with Crippen LogP contribution >= 0.6 is 11.3 Å². The van der Waals surface area contributed by atoms with Crippen LogP contribution in [-0.4, -0.2) is 40.2 Å². The van der Waals surface area contributed by atoms with Gasteiger partial charge in [-0.05, 0) is 67.1 Å². The number of carbonyl (C=O) groups is 1. The molecule has 1 aliphatic rings. The average molecular weight is 409 g/mol. The van der Waals surface area contributed by atoms with Crippen LogP contribution in [0.1, 0.15) is 46.6 Å². The SMILES string of the molecule is CC1CCN(C(CNC(=O)c2ccc(Cn3cccn3)cc2)c2cccs2)CC1. The Morgan fingerprint density at radius 3 is 2.66 bits per heavy atom. The molecule has 1 amide bonds. The van der Waals surface area contributed by atoms with E-state index in [0.717, 1.165) is 24.6 Å². The summed E-state index contributed by atoms with van der Waals surface area (Å²) >= 11 is 1.78. The van der Waals surface area contributed by atoms with Crippen molar-refractivity contribution in [3.05, 3.63) is 76.2 Å². The second-order valence-corrected chi connectivity index (χ2v) is 8.84. The number of rotatable bonds is 7. The van der Waals surface area contributed by atoms with Gasteiger partial charge in [0.1, 0.15) is 0 Å². The van der Waals surface area contributed by atoms with Crippen molar-refractivity contribution >= 4 is 17.2 Å². The van der Waals surface area contributed by atoms with E-state index in [4.69, 9.17) is 0 Å². The lowest BCUT2D eigenvalue weighted by molar-refractivity contribution is 0.0915. The number of hydrogen-bond acceptors (Lipinski definition) is 4. The Labute approximate surface area is 176 Å². The summed E-state index contributed by atoms with van der Waals surface area (Å²) in [6.45, 7) is 5.88. The predicted molar refractivity (Wildman–Crippen MR) is 117 cm³/mol. The molecule has 1 aliphatic heterocycles. The van der Waals surface area contributed by atoms with Crippen molar-refractivity contribution in [1.82, 2.24) is 20.0 Å². The molecule has 3 aromatic rings. The summed E-state index contributed by atoms with van der Waals surface area (Å²) in [5.41, 5.74) is 1.83. The zero-order valence-corrected chi connectivity index (χ0v) is 17.6. The van der Waals surface area contributed by atoms with Crippen molar-refractivity contribution in [2.24, 2.45) is 5.92 Å². The first kappa shape index (κ1) is 19.9. The van der Waals surface area contributed by atoms with Crippen molar-refractivity contribution < 1.29 is 4.79 Å². The first-order valence-electron chi connectivity index (χ1n) is 10.3. The number of thiophene rings is 1. The van der Waals surface area contributed by atoms with E-state index in [-0.39, 0.29) is 11.9 Å². The van der Waals surface area contributed by atoms with Crippen LogP contribution in [0.3, 0.4) is 0 Å². The zero-order chi connectivity index (χ0) is 20.1. The molecule has 0 aliphatic carbocycles. The maximum atomic E-state index is 12.7. The molecule has 1 unspecified atom stereocenters. The zero-order valence-electron chi connectivity index (χ0n) is 16.8. The fourth-order valence-electron chi connectivity index (χ4n) is 3.86. The molecule has 4 rings (SSSR count). The number of nitrogens with zero attached hydrogens (tertiary/aromatic N) is 3. The summed E-state index contributed by atoms with van der Waals surface area (Å²) < 4.78 is 1.88. The Morgan fingerprint density at radius 2 is 2.00 bits per heavy atom. The van der Waals surface area contributed by atoms with Gasteiger partial charge in [-0.3, -0.25) is 14.4 Å². The van der Waals surface area contributed by atoms with Crippen LogP contribution in [0.25, 0.3) is 0 Å². The van der Waals surface area contributed by atoms with Crippen molar-refractivity contribution in [1.29, 1.82) is 0 Å². The maximum absolute atomic E-state index is 12.7. The Kier molecular flexibility index (Phi) is 6.42. The van der Waals surface area contributed by atoms with Gasteiger partial charge in [-0.15, -0.1) is 11.3 Å². The van der Waals surface area contributed by atoms with Gasteiger partial charge >= 0.3 is 0 Å². The fourth-order valence-corrected chi connectivity index (χ4v) is 4.73. The van der Waals surface area contributed by atoms with Crippen molar-refractivity contribution in [2.45, 2.75) is 32.4 Å². The number of aromatic nitrogens is 2. The third kappa shape index (κ3) is 5.14. The number of amides is 1. The van der Waals surface area contributed by atoms with E-state index in [2.05, 4.69) is 39.8 Å². The van der Waals surface area contributed by atoms with Crippen molar-refractivity contribution in [3.63, 3.8) is 0 Å². The van der Waals surface area contributed by atoms with Gasteiger partial charge in [0.25, 0.3) is 5.91 Å². The van der Waals surface area contributed by atoms with E-state index in [1.165, 1.54) is 17.7 Å². The lowest BCUT2D eigenvalue weighted by atomic mass is 9.97. The number of piperidine rings is 1. The molecule has 5 nitrogen and oxygen atoms in total. The number of nitrogens with one attached hydrogen (secondary N) is 1. The molecule has 0 bridgehead atoms. The summed E-state index contributed by atoms with van der Waals surface area (Å²) in [4.78, 5) is 16.6. The highest BCUT2D eigenvalue weighted by atomic mass is 32.1. The molecular weight excluding hydrogens is 380 g/mol. The van der Waals surface area contributed by atoms with Gasteiger partial charge in [0.05, 0.1) is 12.6 Å². The van der Waals surface area contributed by atoms with E-state index in [1.807, 2.05) is 41.2 Å². The van der Waals surface area contributed by atoms with Crippen LogP contribution in [0.2, 0.25) is 0 Å². The minimum atomic E-state index is -0.0115. The second-order valence-electron chi connectivity index (χ2n) is 7.86. The van der Waals surface area contributed by atoms with Gasteiger partial charge < -0.3 is 5.32 Å². The highest BCUT2D eigenvalue weighted by Gasteiger charge is 2.25. The van der Waals surface area contributed by atoms with E-state index in [9.17, 15) is 4.79 Å². The van der Waals surface area contributed by atoms with Crippen LogP contribution in [0.5, 0.6) is 0 Å². The van der Waals surface area contributed by atoms with E-state index in [0.29, 0.717) is 18.7 Å². The molecule has 0 saturated carbocycles. The fraction of sp³-hybridized carbons (Fsp3) is 0.391. The van der Waals surface area contributed by atoms with E-state index >= 15 is 0 Å². The largest absolute Gasteiger partial charge is 0.350 e. The summed E-state index contributed by atoms with van der Waals surface area (Å²) in [6, 6.07) is 14.2. The minimum absolute atomic E-state index is 0.0115. The number of likely N-dealkylation sites (tertiary alicyclic amines) is 1. The Balaban J connectivity index is 1.37.